The summed E-state index contributed by atoms with van der Waals surface area (Å²) in [7, 11) is 1.61. The lowest BCUT2D eigenvalue weighted by Gasteiger charge is -2.25. The molecule has 1 heterocycles. The van der Waals surface area contributed by atoms with Crippen LogP contribution in [0.2, 0.25) is 0 Å². The minimum atomic E-state index is -0.0474. The van der Waals surface area contributed by atoms with Gasteiger partial charge in [-0.2, -0.15) is 0 Å². The third-order valence-corrected chi connectivity index (χ3v) is 2.46. The van der Waals surface area contributed by atoms with E-state index in [1.165, 1.54) is 0 Å². The Bertz CT molecular complexity index is 352. The molecule has 0 saturated heterocycles. The molecule has 1 aromatic rings. The van der Waals surface area contributed by atoms with E-state index in [-0.39, 0.29) is 6.04 Å². The molecular formula is C10H14N2O2. The van der Waals surface area contributed by atoms with Crippen LogP contribution in [-0.2, 0) is 0 Å². The predicted octanol–water partition coefficient (Wildman–Crippen LogP) is 1.06. The lowest BCUT2D eigenvalue weighted by Crippen LogP contribution is -2.22. The highest BCUT2D eigenvalue weighted by molar-refractivity contribution is 5.62. The second-order valence-corrected chi connectivity index (χ2v) is 3.34. The molecule has 0 radical (unpaired) electrons. The standard InChI is InChI=1S/C10H14N2O2/c1-13-8-3-2-6(11)9-7(12)4-5-14-10(8)9/h2-3,7H,4-5,11-12H2,1H3/t7-/m0/s1. The van der Waals surface area contributed by atoms with Crippen LogP contribution in [0.15, 0.2) is 12.1 Å². The second kappa shape index (κ2) is 3.38. The maximum Gasteiger partial charge on any atom is 0.167 e. The molecule has 1 aliphatic heterocycles. The van der Waals surface area contributed by atoms with E-state index >= 15 is 0 Å². The fourth-order valence-electron chi connectivity index (χ4n) is 1.72. The highest BCUT2D eigenvalue weighted by Gasteiger charge is 2.23. The number of benzene rings is 1. The van der Waals surface area contributed by atoms with Crippen molar-refractivity contribution in [2.45, 2.75) is 12.5 Å². The smallest absolute Gasteiger partial charge is 0.167 e. The summed E-state index contributed by atoms with van der Waals surface area (Å²) in [6, 6.07) is 3.55. The molecule has 2 rings (SSSR count). The van der Waals surface area contributed by atoms with Crippen molar-refractivity contribution in [1.29, 1.82) is 0 Å². The molecule has 4 heteroatoms. The number of rotatable bonds is 1. The molecule has 0 spiro atoms. The van der Waals surface area contributed by atoms with Crippen LogP contribution in [0.1, 0.15) is 18.0 Å². The Balaban J connectivity index is 2.57. The van der Waals surface area contributed by atoms with E-state index in [2.05, 4.69) is 0 Å². The Morgan fingerprint density at radius 1 is 1.50 bits per heavy atom. The van der Waals surface area contributed by atoms with Gasteiger partial charge < -0.3 is 20.9 Å². The summed E-state index contributed by atoms with van der Waals surface area (Å²) in [4.78, 5) is 0. The van der Waals surface area contributed by atoms with Gasteiger partial charge in [0, 0.05) is 23.7 Å². The average molecular weight is 194 g/mol. The summed E-state index contributed by atoms with van der Waals surface area (Å²) in [5.41, 5.74) is 13.3. The van der Waals surface area contributed by atoms with Crippen LogP contribution in [0, 0.1) is 0 Å². The van der Waals surface area contributed by atoms with Gasteiger partial charge in [-0.1, -0.05) is 0 Å². The average Bonchev–Trinajstić information content (AvgIpc) is 2.18. The molecule has 1 aromatic carbocycles. The van der Waals surface area contributed by atoms with Crippen LogP contribution in [0.4, 0.5) is 5.69 Å². The molecule has 0 aromatic heterocycles. The third kappa shape index (κ3) is 1.28. The lowest BCUT2D eigenvalue weighted by atomic mass is 9.99. The Labute approximate surface area is 82.8 Å². The van der Waals surface area contributed by atoms with Crippen LogP contribution in [0.25, 0.3) is 0 Å². The first-order valence-corrected chi connectivity index (χ1v) is 4.58. The van der Waals surface area contributed by atoms with Gasteiger partial charge in [0.1, 0.15) is 0 Å². The Hall–Kier alpha value is -1.42. The number of ether oxygens (including phenoxy) is 2. The Morgan fingerprint density at radius 3 is 3.00 bits per heavy atom. The minimum absolute atomic E-state index is 0.0474. The molecule has 4 N–H and O–H groups in total. The van der Waals surface area contributed by atoms with Gasteiger partial charge in [-0.25, -0.2) is 0 Å². The van der Waals surface area contributed by atoms with E-state index in [4.69, 9.17) is 20.9 Å². The first-order valence-electron chi connectivity index (χ1n) is 4.58. The van der Waals surface area contributed by atoms with Gasteiger partial charge in [0.25, 0.3) is 0 Å². The van der Waals surface area contributed by atoms with Crippen molar-refractivity contribution in [3.63, 3.8) is 0 Å². The zero-order valence-corrected chi connectivity index (χ0v) is 8.12. The number of methoxy groups -OCH3 is 1. The van der Waals surface area contributed by atoms with E-state index in [0.29, 0.717) is 23.8 Å². The Kier molecular flexibility index (Phi) is 2.21. The number of fused-ring (bicyclic) bond motifs is 1. The van der Waals surface area contributed by atoms with Gasteiger partial charge in [0.2, 0.25) is 0 Å². The van der Waals surface area contributed by atoms with Crippen molar-refractivity contribution >= 4 is 5.69 Å². The summed E-state index contributed by atoms with van der Waals surface area (Å²) >= 11 is 0. The van der Waals surface area contributed by atoms with Crippen LogP contribution in [0.3, 0.4) is 0 Å². The van der Waals surface area contributed by atoms with Gasteiger partial charge >= 0.3 is 0 Å². The molecule has 0 amide bonds. The monoisotopic (exact) mass is 194 g/mol. The fourth-order valence-corrected chi connectivity index (χ4v) is 1.72. The van der Waals surface area contributed by atoms with Gasteiger partial charge in [0.15, 0.2) is 11.5 Å². The van der Waals surface area contributed by atoms with Crippen LogP contribution < -0.4 is 20.9 Å². The van der Waals surface area contributed by atoms with Crippen molar-refractivity contribution in [3.05, 3.63) is 17.7 Å². The molecule has 14 heavy (non-hydrogen) atoms. The lowest BCUT2D eigenvalue weighted by molar-refractivity contribution is 0.253. The quantitative estimate of drug-likeness (QED) is 0.656. The molecule has 0 fully saturated rings. The largest absolute Gasteiger partial charge is 0.493 e. The van der Waals surface area contributed by atoms with E-state index < -0.39 is 0 Å². The van der Waals surface area contributed by atoms with Crippen molar-refractivity contribution in [3.8, 4) is 11.5 Å². The van der Waals surface area contributed by atoms with Crippen LogP contribution in [-0.4, -0.2) is 13.7 Å². The highest BCUT2D eigenvalue weighted by Crippen LogP contribution is 2.41. The summed E-state index contributed by atoms with van der Waals surface area (Å²) < 4.78 is 10.7. The number of nitrogen functional groups attached to an aromatic ring is 1. The SMILES string of the molecule is COc1ccc(N)c2c1OCC[C@@H]2N. The van der Waals surface area contributed by atoms with Crippen molar-refractivity contribution in [2.24, 2.45) is 5.73 Å². The molecule has 4 nitrogen and oxygen atoms in total. The fraction of sp³-hybridized carbons (Fsp3) is 0.400. The highest BCUT2D eigenvalue weighted by atomic mass is 16.5. The summed E-state index contributed by atoms with van der Waals surface area (Å²) in [6.45, 7) is 0.619. The van der Waals surface area contributed by atoms with Crippen LogP contribution in [0.5, 0.6) is 11.5 Å². The minimum Gasteiger partial charge on any atom is -0.493 e. The molecule has 0 saturated carbocycles. The molecule has 1 aliphatic rings. The van der Waals surface area contributed by atoms with Crippen LogP contribution >= 0.6 is 0 Å². The molecule has 1 atom stereocenters. The predicted molar refractivity (Wildman–Crippen MR) is 54.4 cm³/mol. The van der Waals surface area contributed by atoms with E-state index in [1.807, 2.05) is 0 Å². The molecular weight excluding hydrogens is 180 g/mol. The van der Waals surface area contributed by atoms with E-state index in [0.717, 1.165) is 12.0 Å². The number of nitrogens with two attached hydrogens (primary N) is 2. The van der Waals surface area contributed by atoms with Gasteiger partial charge in [-0.05, 0) is 12.1 Å². The number of hydrogen-bond acceptors (Lipinski definition) is 4. The van der Waals surface area contributed by atoms with Gasteiger partial charge in [-0.15, -0.1) is 0 Å². The van der Waals surface area contributed by atoms with Crippen molar-refractivity contribution in [2.75, 3.05) is 19.5 Å². The summed E-state index contributed by atoms with van der Waals surface area (Å²) in [6.07, 6.45) is 0.796. The van der Waals surface area contributed by atoms with E-state index in [1.54, 1.807) is 19.2 Å². The Morgan fingerprint density at radius 2 is 2.29 bits per heavy atom. The van der Waals surface area contributed by atoms with Gasteiger partial charge in [0.05, 0.1) is 13.7 Å². The number of hydrogen-bond donors (Lipinski definition) is 2. The number of anilines is 1. The van der Waals surface area contributed by atoms with Crippen molar-refractivity contribution < 1.29 is 9.47 Å². The second-order valence-electron chi connectivity index (χ2n) is 3.34. The first kappa shape index (κ1) is 9.15. The van der Waals surface area contributed by atoms with Crippen molar-refractivity contribution in [1.82, 2.24) is 0 Å². The normalized spacial score (nSPS) is 19.7. The zero-order chi connectivity index (χ0) is 10.1. The molecule has 76 valence electrons. The maximum absolute atomic E-state index is 5.96. The third-order valence-electron chi connectivity index (χ3n) is 2.46. The van der Waals surface area contributed by atoms with Gasteiger partial charge in [-0.3, -0.25) is 0 Å². The summed E-state index contributed by atoms with van der Waals surface area (Å²) in [5, 5.41) is 0. The van der Waals surface area contributed by atoms with E-state index in [9.17, 15) is 0 Å². The molecule has 0 bridgehead atoms. The molecule has 0 unspecified atom stereocenters. The maximum atomic E-state index is 5.96. The molecule has 0 aliphatic carbocycles. The first-order chi connectivity index (χ1) is 6.74. The topological polar surface area (TPSA) is 70.5 Å². The zero-order valence-electron chi connectivity index (χ0n) is 8.12. The summed E-state index contributed by atoms with van der Waals surface area (Å²) in [5.74, 6) is 1.40.